The zero-order valence-electron chi connectivity index (χ0n) is 12.6. The van der Waals surface area contributed by atoms with Gasteiger partial charge in [0.1, 0.15) is 11.9 Å². The summed E-state index contributed by atoms with van der Waals surface area (Å²) in [5.41, 5.74) is 5.17. The Labute approximate surface area is 129 Å². The SMILES string of the molecule is CCC(OC1CCCC1)C(=O)Nc1ccc(F)c(C(N)=O)c1. The number of rotatable bonds is 6. The summed E-state index contributed by atoms with van der Waals surface area (Å²) in [6.07, 6.45) is 4.34. The van der Waals surface area contributed by atoms with Gasteiger partial charge in [-0.15, -0.1) is 0 Å². The first-order valence-corrected chi connectivity index (χ1v) is 7.57. The Morgan fingerprint density at radius 2 is 2.09 bits per heavy atom. The summed E-state index contributed by atoms with van der Waals surface area (Å²) in [5, 5.41) is 2.65. The second kappa shape index (κ2) is 7.35. The third kappa shape index (κ3) is 4.04. The second-order valence-corrected chi connectivity index (χ2v) is 5.49. The van der Waals surface area contributed by atoms with Crippen LogP contribution in [0.25, 0.3) is 0 Å². The molecule has 1 unspecified atom stereocenters. The van der Waals surface area contributed by atoms with Crippen molar-refractivity contribution in [1.82, 2.24) is 0 Å². The highest BCUT2D eigenvalue weighted by Crippen LogP contribution is 2.23. The number of amides is 2. The number of carbonyl (C=O) groups is 2. The van der Waals surface area contributed by atoms with Crippen LogP contribution >= 0.6 is 0 Å². The van der Waals surface area contributed by atoms with Gasteiger partial charge in [-0.2, -0.15) is 0 Å². The van der Waals surface area contributed by atoms with Gasteiger partial charge in [0, 0.05) is 5.69 Å². The van der Waals surface area contributed by atoms with Gasteiger partial charge in [0.2, 0.25) is 0 Å². The number of halogens is 1. The zero-order chi connectivity index (χ0) is 16.1. The molecule has 1 atom stereocenters. The molecule has 0 spiro atoms. The highest BCUT2D eigenvalue weighted by Gasteiger charge is 2.24. The van der Waals surface area contributed by atoms with Crippen LogP contribution < -0.4 is 11.1 Å². The van der Waals surface area contributed by atoms with Crippen molar-refractivity contribution in [3.63, 3.8) is 0 Å². The van der Waals surface area contributed by atoms with Crippen molar-refractivity contribution in [3.05, 3.63) is 29.6 Å². The summed E-state index contributed by atoms with van der Waals surface area (Å²) in [6, 6.07) is 3.73. The van der Waals surface area contributed by atoms with E-state index in [1.807, 2.05) is 6.92 Å². The highest BCUT2D eigenvalue weighted by molar-refractivity contribution is 5.97. The molecule has 2 amide bonds. The predicted molar refractivity (Wildman–Crippen MR) is 81.0 cm³/mol. The Morgan fingerprint density at radius 3 is 2.68 bits per heavy atom. The molecule has 22 heavy (non-hydrogen) atoms. The fourth-order valence-corrected chi connectivity index (χ4v) is 2.61. The Bertz CT molecular complexity index is 556. The lowest BCUT2D eigenvalue weighted by Crippen LogP contribution is -2.33. The molecule has 1 aromatic rings. The number of primary amides is 1. The molecule has 6 heteroatoms. The highest BCUT2D eigenvalue weighted by atomic mass is 19.1. The van der Waals surface area contributed by atoms with E-state index in [4.69, 9.17) is 10.5 Å². The van der Waals surface area contributed by atoms with Crippen LogP contribution in [-0.2, 0) is 9.53 Å². The van der Waals surface area contributed by atoms with E-state index < -0.39 is 17.8 Å². The standard InChI is InChI=1S/C16H21FN2O3/c1-2-14(22-11-5-3-4-6-11)16(21)19-10-7-8-13(17)12(9-10)15(18)20/h7-9,11,14H,2-6H2,1H3,(H2,18,20)(H,19,21). The summed E-state index contributed by atoms with van der Waals surface area (Å²) in [6.45, 7) is 1.87. The van der Waals surface area contributed by atoms with Crippen LogP contribution in [0.2, 0.25) is 0 Å². The molecule has 0 radical (unpaired) electrons. The molecule has 120 valence electrons. The second-order valence-electron chi connectivity index (χ2n) is 5.49. The van der Waals surface area contributed by atoms with Crippen LogP contribution in [-0.4, -0.2) is 24.0 Å². The van der Waals surface area contributed by atoms with Crippen LogP contribution in [0.4, 0.5) is 10.1 Å². The van der Waals surface area contributed by atoms with Crippen LogP contribution in [0.15, 0.2) is 18.2 Å². The summed E-state index contributed by atoms with van der Waals surface area (Å²) >= 11 is 0. The van der Waals surface area contributed by atoms with Gasteiger partial charge in [0.15, 0.2) is 0 Å². The third-order valence-electron chi connectivity index (χ3n) is 3.82. The van der Waals surface area contributed by atoms with Crippen molar-refractivity contribution < 1.29 is 18.7 Å². The summed E-state index contributed by atoms with van der Waals surface area (Å²) in [5.74, 6) is -1.88. The average Bonchev–Trinajstić information content (AvgIpc) is 2.99. The smallest absolute Gasteiger partial charge is 0.253 e. The molecular formula is C16H21FN2O3. The van der Waals surface area contributed by atoms with Crippen LogP contribution in [0, 0.1) is 5.82 Å². The topological polar surface area (TPSA) is 81.4 Å². The lowest BCUT2D eigenvalue weighted by atomic mass is 10.1. The fourth-order valence-electron chi connectivity index (χ4n) is 2.61. The van der Waals surface area contributed by atoms with Crippen molar-refractivity contribution in [2.45, 2.75) is 51.2 Å². The quantitative estimate of drug-likeness (QED) is 0.847. The van der Waals surface area contributed by atoms with Crippen molar-refractivity contribution >= 4 is 17.5 Å². The number of nitrogens with two attached hydrogens (primary N) is 1. The Hall–Kier alpha value is -1.95. The summed E-state index contributed by atoms with van der Waals surface area (Å²) in [4.78, 5) is 23.4. The van der Waals surface area contributed by atoms with Gasteiger partial charge in [-0.3, -0.25) is 9.59 Å². The van der Waals surface area contributed by atoms with Gasteiger partial charge in [-0.25, -0.2) is 4.39 Å². The summed E-state index contributed by atoms with van der Waals surface area (Å²) < 4.78 is 19.2. The van der Waals surface area contributed by atoms with Crippen molar-refractivity contribution in [3.8, 4) is 0 Å². The first-order chi connectivity index (χ1) is 10.5. The number of carbonyl (C=O) groups excluding carboxylic acids is 2. The molecule has 1 fully saturated rings. The van der Waals surface area contributed by atoms with Gasteiger partial charge in [0.25, 0.3) is 11.8 Å². The maximum Gasteiger partial charge on any atom is 0.253 e. The number of nitrogens with one attached hydrogen (secondary N) is 1. The molecule has 5 nitrogen and oxygen atoms in total. The molecule has 0 saturated heterocycles. The monoisotopic (exact) mass is 308 g/mol. The van der Waals surface area contributed by atoms with E-state index >= 15 is 0 Å². The lowest BCUT2D eigenvalue weighted by molar-refractivity contribution is -0.131. The fraction of sp³-hybridized carbons (Fsp3) is 0.500. The molecule has 1 aliphatic carbocycles. The molecule has 0 heterocycles. The number of ether oxygens (including phenoxy) is 1. The van der Waals surface area contributed by atoms with Gasteiger partial charge in [-0.05, 0) is 37.5 Å². The van der Waals surface area contributed by atoms with E-state index in [1.54, 1.807) is 0 Å². The molecule has 1 aliphatic rings. The van der Waals surface area contributed by atoms with Gasteiger partial charge in [0.05, 0.1) is 11.7 Å². The molecule has 1 aromatic carbocycles. The minimum atomic E-state index is -0.872. The molecule has 0 aromatic heterocycles. The van der Waals surface area contributed by atoms with Crippen molar-refractivity contribution in [2.75, 3.05) is 5.32 Å². The number of hydrogen-bond donors (Lipinski definition) is 2. The van der Waals surface area contributed by atoms with Crippen LogP contribution in [0.3, 0.4) is 0 Å². The van der Waals surface area contributed by atoms with Gasteiger partial charge < -0.3 is 15.8 Å². The Balaban J connectivity index is 2.03. The minimum Gasteiger partial charge on any atom is -0.366 e. The Kier molecular flexibility index (Phi) is 5.49. The molecule has 2 rings (SSSR count). The molecular weight excluding hydrogens is 287 g/mol. The Morgan fingerprint density at radius 1 is 1.41 bits per heavy atom. The van der Waals surface area contributed by atoms with Gasteiger partial charge >= 0.3 is 0 Å². The van der Waals surface area contributed by atoms with E-state index in [1.165, 1.54) is 12.1 Å². The number of hydrogen-bond acceptors (Lipinski definition) is 3. The normalized spacial score (nSPS) is 16.5. The molecule has 1 saturated carbocycles. The first kappa shape index (κ1) is 16.4. The maximum absolute atomic E-state index is 13.4. The predicted octanol–water partition coefficient (Wildman–Crippen LogP) is 2.60. The van der Waals surface area contributed by atoms with E-state index in [9.17, 15) is 14.0 Å². The van der Waals surface area contributed by atoms with E-state index in [2.05, 4.69) is 5.32 Å². The first-order valence-electron chi connectivity index (χ1n) is 7.57. The van der Waals surface area contributed by atoms with Crippen molar-refractivity contribution in [2.24, 2.45) is 5.73 Å². The van der Waals surface area contributed by atoms with Crippen LogP contribution in [0.1, 0.15) is 49.4 Å². The van der Waals surface area contributed by atoms with Gasteiger partial charge in [-0.1, -0.05) is 19.8 Å². The van der Waals surface area contributed by atoms with Crippen LogP contribution in [0.5, 0.6) is 0 Å². The van der Waals surface area contributed by atoms with E-state index in [0.29, 0.717) is 12.1 Å². The molecule has 3 N–H and O–H groups in total. The van der Waals surface area contributed by atoms with E-state index in [0.717, 1.165) is 31.7 Å². The zero-order valence-corrected chi connectivity index (χ0v) is 12.6. The largest absolute Gasteiger partial charge is 0.366 e. The number of anilines is 1. The minimum absolute atomic E-state index is 0.130. The lowest BCUT2D eigenvalue weighted by Gasteiger charge is -2.20. The average molecular weight is 308 g/mol. The van der Waals surface area contributed by atoms with E-state index in [-0.39, 0.29) is 17.6 Å². The molecule has 0 bridgehead atoms. The van der Waals surface area contributed by atoms with Crippen molar-refractivity contribution in [1.29, 1.82) is 0 Å². The third-order valence-corrected chi connectivity index (χ3v) is 3.82. The molecule has 0 aliphatic heterocycles. The number of benzene rings is 1. The maximum atomic E-state index is 13.4. The summed E-state index contributed by atoms with van der Waals surface area (Å²) in [7, 11) is 0.